The van der Waals surface area contributed by atoms with E-state index in [0.717, 1.165) is 37.8 Å². The Morgan fingerprint density at radius 3 is 2.37 bits per heavy atom. The number of hydrogen-bond donors (Lipinski definition) is 2. The number of carboxylic acids is 1. The minimum atomic E-state index is -4.88. The highest BCUT2D eigenvalue weighted by Gasteiger charge is 2.36. The van der Waals surface area contributed by atoms with Crippen molar-refractivity contribution in [3.8, 4) is 11.5 Å². The van der Waals surface area contributed by atoms with Crippen LogP contribution in [0.15, 0.2) is 48.2 Å². The molecule has 1 fully saturated rings. The van der Waals surface area contributed by atoms with Gasteiger partial charge in [-0.05, 0) is 42.2 Å². The van der Waals surface area contributed by atoms with Crippen LogP contribution in [0, 0.1) is 16.0 Å². The summed E-state index contributed by atoms with van der Waals surface area (Å²) in [7, 11) is 0. The van der Waals surface area contributed by atoms with E-state index in [9.17, 15) is 38.0 Å². The van der Waals surface area contributed by atoms with Crippen LogP contribution >= 0.6 is 0 Å². The summed E-state index contributed by atoms with van der Waals surface area (Å²) in [6.45, 7) is 0. The summed E-state index contributed by atoms with van der Waals surface area (Å²) in [6, 6.07) is 7.59. The first-order valence-corrected chi connectivity index (χ1v) is 10.9. The maximum Gasteiger partial charge on any atom is 0.420 e. The van der Waals surface area contributed by atoms with Crippen LogP contribution in [-0.4, -0.2) is 21.9 Å². The number of halogens is 3. The van der Waals surface area contributed by atoms with Crippen LogP contribution in [-0.2, 0) is 15.8 Å². The summed E-state index contributed by atoms with van der Waals surface area (Å²) in [5.74, 6) is -1.87. The number of nitro groups is 1. The molecule has 3 rings (SSSR count). The van der Waals surface area contributed by atoms with Gasteiger partial charge in [-0.15, -0.1) is 0 Å². The van der Waals surface area contributed by atoms with Crippen molar-refractivity contribution >= 4 is 23.6 Å². The van der Waals surface area contributed by atoms with Crippen LogP contribution < -0.4 is 10.1 Å². The van der Waals surface area contributed by atoms with Gasteiger partial charge >= 0.3 is 12.1 Å². The zero-order valence-corrected chi connectivity index (χ0v) is 18.5. The number of ether oxygens (including phenoxy) is 1. The monoisotopic (exact) mass is 492 g/mol. The van der Waals surface area contributed by atoms with Gasteiger partial charge in [-0.3, -0.25) is 14.9 Å². The molecule has 2 N–H and O–H groups in total. The van der Waals surface area contributed by atoms with Gasteiger partial charge < -0.3 is 15.2 Å². The quantitative estimate of drug-likeness (QED) is 0.255. The molecular weight excluding hydrogens is 469 g/mol. The highest BCUT2D eigenvalue weighted by molar-refractivity contribution is 5.96. The molecule has 0 radical (unpaired) electrons. The third kappa shape index (κ3) is 7.29. The van der Waals surface area contributed by atoms with Crippen LogP contribution in [0.1, 0.15) is 49.7 Å². The molecule has 11 heteroatoms. The maximum absolute atomic E-state index is 13.3. The molecule has 0 saturated heterocycles. The molecule has 0 heterocycles. The van der Waals surface area contributed by atoms with Gasteiger partial charge in [0.2, 0.25) is 5.91 Å². The molecule has 0 aliphatic heterocycles. The molecule has 0 aromatic heterocycles. The minimum absolute atomic E-state index is 0.000947. The Bertz CT molecular complexity index is 1120. The molecule has 1 aliphatic rings. The summed E-state index contributed by atoms with van der Waals surface area (Å²) in [6.07, 6.45) is 1.72. The normalized spacial score (nSPS) is 14.5. The molecule has 1 saturated carbocycles. The van der Waals surface area contributed by atoms with Crippen molar-refractivity contribution in [2.24, 2.45) is 5.92 Å². The third-order valence-corrected chi connectivity index (χ3v) is 5.66. The summed E-state index contributed by atoms with van der Waals surface area (Å²) in [5, 5.41) is 22.6. The number of non-ortho nitro benzene ring substituents is 1. The van der Waals surface area contributed by atoms with E-state index in [0.29, 0.717) is 24.0 Å². The first kappa shape index (κ1) is 25.7. The number of carboxylic acid groups (broad SMARTS) is 1. The molecule has 2 aromatic rings. The topological polar surface area (TPSA) is 119 Å². The largest absolute Gasteiger partial charge is 0.477 e. The Hall–Kier alpha value is -3.89. The number of alkyl halides is 3. The van der Waals surface area contributed by atoms with Crippen LogP contribution in [0.3, 0.4) is 0 Å². The molecule has 0 unspecified atom stereocenters. The van der Waals surface area contributed by atoms with Crippen molar-refractivity contribution < 1.29 is 37.5 Å². The van der Waals surface area contributed by atoms with Gasteiger partial charge in [0.25, 0.3) is 5.69 Å². The fourth-order valence-corrected chi connectivity index (χ4v) is 3.87. The lowest BCUT2D eigenvalue weighted by molar-refractivity contribution is -0.385. The predicted octanol–water partition coefficient (Wildman–Crippen LogP) is 5.92. The lowest BCUT2D eigenvalue weighted by Gasteiger charge is -2.13. The Kier molecular flexibility index (Phi) is 8.10. The number of benzene rings is 2. The predicted molar refractivity (Wildman–Crippen MR) is 120 cm³/mol. The first-order chi connectivity index (χ1) is 16.5. The highest BCUT2D eigenvalue weighted by atomic mass is 19.4. The van der Waals surface area contributed by atoms with Gasteiger partial charge in [0.05, 0.1) is 4.92 Å². The summed E-state index contributed by atoms with van der Waals surface area (Å²) >= 11 is 0. The number of carbonyl (C=O) groups is 2. The number of amides is 1. The van der Waals surface area contributed by atoms with E-state index in [4.69, 9.17) is 4.74 Å². The standard InChI is InChI=1S/C24H23F3N2O6/c25-24(26,27)19-14-17(29(33)34)8-11-21(19)35-18-9-5-16(6-10-18)13-20(23(31)32)28-22(30)12-7-15-3-1-2-4-15/h5-6,8-11,13-15H,1-4,7,12H2,(H,28,30)(H,31,32)/b20-13-. The van der Waals surface area contributed by atoms with Crippen LogP contribution in [0.4, 0.5) is 18.9 Å². The first-order valence-electron chi connectivity index (χ1n) is 10.9. The van der Waals surface area contributed by atoms with Crippen molar-refractivity contribution in [1.29, 1.82) is 0 Å². The van der Waals surface area contributed by atoms with E-state index in [-0.39, 0.29) is 17.9 Å². The minimum Gasteiger partial charge on any atom is -0.477 e. The Labute approximate surface area is 198 Å². The van der Waals surface area contributed by atoms with E-state index < -0.39 is 40.0 Å². The van der Waals surface area contributed by atoms with Gasteiger partial charge in [0, 0.05) is 18.6 Å². The van der Waals surface area contributed by atoms with Gasteiger partial charge in [-0.1, -0.05) is 37.8 Å². The molecule has 8 nitrogen and oxygen atoms in total. The second-order valence-electron chi connectivity index (χ2n) is 8.21. The van der Waals surface area contributed by atoms with E-state index in [1.807, 2.05) is 0 Å². The van der Waals surface area contributed by atoms with Gasteiger partial charge in [0.15, 0.2) is 0 Å². The summed E-state index contributed by atoms with van der Waals surface area (Å²) in [4.78, 5) is 33.6. The number of aliphatic carboxylic acids is 1. The average Bonchev–Trinajstić information content (AvgIpc) is 3.31. The Morgan fingerprint density at radius 2 is 1.80 bits per heavy atom. The van der Waals surface area contributed by atoms with E-state index in [1.54, 1.807) is 0 Å². The lowest BCUT2D eigenvalue weighted by Crippen LogP contribution is -2.27. The molecule has 0 bridgehead atoms. The van der Waals surface area contributed by atoms with Crippen molar-refractivity contribution in [3.63, 3.8) is 0 Å². The molecule has 1 aliphatic carbocycles. The fourth-order valence-electron chi connectivity index (χ4n) is 3.87. The number of nitrogens with zero attached hydrogens (tertiary/aromatic N) is 1. The number of carbonyl (C=O) groups excluding carboxylic acids is 1. The van der Waals surface area contributed by atoms with Crippen LogP contribution in [0.2, 0.25) is 0 Å². The molecule has 2 aromatic carbocycles. The molecular formula is C24H23F3N2O6. The fraction of sp³-hybridized carbons (Fsp3) is 0.333. The smallest absolute Gasteiger partial charge is 0.420 e. The number of nitro benzene ring substituents is 1. The summed E-state index contributed by atoms with van der Waals surface area (Å²) < 4.78 is 45.2. The van der Waals surface area contributed by atoms with Gasteiger partial charge in [-0.2, -0.15) is 13.2 Å². The van der Waals surface area contributed by atoms with Crippen molar-refractivity contribution in [1.82, 2.24) is 5.32 Å². The number of hydrogen-bond acceptors (Lipinski definition) is 5. The zero-order valence-electron chi connectivity index (χ0n) is 18.5. The molecule has 0 atom stereocenters. The lowest BCUT2D eigenvalue weighted by atomic mass is 10.0. The summed E-state index contributed by atoms with van der Waals surface area (Å²) in [5.41, 5.74) is -1.99. The van der Waals surface area contributed by atoms with E-state index in [1.165, 1.54) is 30.3 Å². The molecule has 1 amide bonds. The third-order valence-electron chi connectivity index (χ3n) is 5.66. The SMILES string of the molecule is O=C(CCC1CCCC1)N/C(=C\c1ccc(Oc2ccc([N+](=O)[O-])cc2C(F)(F)F)cc1)C(=O)O. The molecule has 186 valence electrons. The maximum atomic E-state index is 13.3. The second kappa shape index (κ2) is 11.0. The number of rotatable bonds is 9. The van der Waals surface area contributed by atoms with Crippen LogP contribution in [0.5, 0.6) is 11.5 Å². The van der Waals surface area contributed by atoms with Gasteiger partial charge in [-0.25, -0.2) is 4.79 Å². The van der Waals surface area contributed by atoms with Crippen molar-refractivity contribution in [3.05, 3.63) is 69.4 Å². The van der Waals surface area contributed by atoms with Crippen molar-refractivity contribution in [2.45, 2.75) is 44.7 Å². The second-order valence-corrected chi connectivity index (χ2v) is 8.21. The number of nitrogens with one attached hydrogen (secondary N) is 1. The van der Waals surface area contributed by atoms with Gasteiger partial charge in [0.1, 0.15) is 22.8 Å². The average molecular weight is 492 g/mol. The van der Waals surface area contributed by atoms with Crippen molar-refractivity contribution in [2.75, 3.05) is 0 Å². The van der Waals surface area contributed by atoms with Crippen LogP contribution in [0.25, 0.3) is 6.08 Å². The zero-order chi connectivity index (χ0) is 25.6. The van der Waals surface area contributed by atoms with E-state index >= 15 is 0 Å². The van der Waals surface area contributed by atoms with E-state index in [2.05, 4.69) is 5.32 Å². The molecule has 35 heavy (non-hydrogen) atoms. The highest BCUT2D eigenvalue weighted by Crippen LogP contribution is 2.40. The Balaban J connectivity index is 1.71. The Morgan fingerprint density at radius 1 is 1.14 bits per heavy atom. The molecule has 0 spiro atoms.